The van der Waals surface area contributed by atoms with Crippen molar-refractivity contribution in [3.05, 3.63) is 16.6 Å². The van der Waals surface area contributed by atoms with Crippen LogP contribution in [0, 0.1) is 11.8 Å². The Kier molecular flexibility index (Phi) is 5.83. The van der Waals surface area contributed by atoms with Gasteiger partial charge in [0.05, 0.1) is 6.04 Å². The molecule has 1 aromatic heterocycles. The van der Waals surface area contributed by atoms with Crippen molar-refractivity contribution in [3.63, 3.8) is 0 Å². The van der Waals surface area contributed by atoms with Crippen molar-refractivity contribution in [2.45, 2.75) is 71.4 Å². The second kappa shape index (κ2) is 7.39. The van der Waals surface area contributed by atoms with Crippen molar-refractivity contribution in [2.75, 3.05) is 0 Å². The fourth-order valence-electron chi connectivity index (χ4n) is 3.22. The average Bonchev–Trinajstić information content (AvgIpc) is 2.82. The molecule has 1 heterocycles. The number of hydrogen-bond donors (Lipinski definition) is 1. The van der Waals surface area contributed by atoms with Crippen LogP contribution < -0.4 is 5.32 Å². The summed E-state index contributed by atoms with van der Waals surface area (Å²) in [6.45, 7) is 7.01. The van der Waals surface area contributed by atoms with E-state index in [0.29, 0.717) is 12.1 Å². The van der Waals surface area contributed by atoms with Crippen molar-refractivity contribution in [1.82, 2.24) is 10.3 Å². The van der Waals surface area contributed by atoms with Crippen molar-refractivity contribution >= 4 is 11.3 Å². The Hall–Kier alpha value is -0.410. The molecule has 1 aromatic rings. The quantitative estimate of drug-likeness (QED) is 0.784. The lowest BCUT2D eigenvalue weighted by atomic mass is 9.89. The maximum Gasteiger partial charge on any atom is 0.109 e. The van der Waals surface area contributed by atoms with E-state index in [1.165, 1.54) is 37.1 Å². The lowest BCUT2D eigenvalue weighted by Crippen LogP contribution is -2.32. The standard InChI is InChI=1S/C16H28N2S/c1-4-15(16-17-10-11-19-16)18-14-7-5-6-13(8-9-14)12(2)3/h10-15,18H,4-9H2,1-3H3. The van der Waals surface area contributed by atoms with Crippen molar-refractivity contribution in [2.24, 2.45) is 11.8 Å². The molecular formula is C16H28N2S. The summed E-state index contributed by atoms with van der Waals surface area (Å²) in [5, 5.41) is 7.20. The van der Waals surface area contributed by atoms with E-state index in [9.17, 15) is 0 Å². The molecule has 0 bridgehead atoms. The van der Waals surface area contributed by atoms with Gasteiger partial charge in [-0.05, 0) is 37.5 Å². The molecule has 1 saturated carbocycles. The first-order chi connectivity index (χ1) is 9.20. The molecule has 0 spiro atoms. The van der Waals surface area contributed by atoms with Crippen molar-refractivity contribution in [3.8, 4) is 0 Å². The molecular weight excluding hydrogens is 252 g/mol. The van der Waals surface area contributed by atoms with Crippen LogP contribution in [0.5, 0.6) is 0 Å². The van der Waals surface area contributed by atoms with Gasteiger partial charge in [0.2, 0.25) is 0 Å². The van der Waals surface area contributed by atoms with Crippen LogP contribution in [0.2, 0.25) is 0 Å². The molecule has 3 heteroatoms. The minimum absolute atomic E-state index is 0.459. The zero-order valence-corrected chi connectivity index (χ0v) is 13.4. The van der Waals surface area contributed by atoms with E-state index in [0.717, 1.165) is 18.3 Å². The van der Waals surface area contributed by atoms with Gasteiger partial charge in [0, 0.05) is 17.6 Å². The van der Waals surface area contributed by atoms with E-state index in [1.54, 1.807) is 11.3 Å². The van der Waals surface area contributed by atoms with Crippen LogP contribution in [0.1, 0.15) is 70.3 Å². The molecule has 1 fully saturated rings. The summed E-state index contributed by atoms with van der Waals surface area (Å²) < 4.78 is 0. The Morgan fingerprint density at radius 3 is 2.79 bits per heavy atom. The van der Waals surface area contributed by atoms with E-state index in [-0.39, 0.29) is 0 Å². The van der Waals surface area contributed by atoms with Crippen molar-refractivity contribution < 1.29 is 0 Å². The third-order valence-corrected chi connectivity index (χ3v) is 5.44. The van der Waals surface area contributed by atoms with Gasteiger partial charge >= 0.3 is 0 Å². The predicted molar refractivity (Wildman–Crippen MR) is 83.5 cm³/mol. The van der Waals surface area contributed by atoms with E-state index in [2.05, 4.69) is 36.5 Å². The minimum atomic E-state index is 0.459. The van der Waals surface area contributed by atoms with Crippen LogP contribution in [-0.4, -0.2) is 11.0 Å². The molecule has 2 rings (SSSR count). The Labute approximate surface area is 122 Å². The summed E-state index contributed by atoms with van der Waals surface area (Å²) >= 11 is 1.78. The zero-order chi connectivity index (χ0) is 13.7. The fraction of sp³-hybridized carbons (Fsp3) is 0.812. The molecule has 2 nitrogen and oxygen atoms in total. The molecule has 3 unspecified atom stereocenters. The summed E-state index contributed by atoms with van der Waals surface area (Å²) in [6, 6.07) is 1.15. The van der Waals surface area contributed by atoms with E-state index in [1.807, 2.05) is 6.20 Å². The molecule has 0 aromatic carbocycles. The largest absolute Gasteiger partial charge is 0.305 e. The van der Waals surface area contributed by atoms with Crippen LogP contribution in [0.4, 0.5) is 0 Å². The van der Waals surface area contributed by atoms with Crippen LogP contribution in [0.3, 0.4) is 0 Å². The molecule has 108 valence electrons. The number of aromatic nitrogens is 1. The highest BCUT2D eigenvalue weighted by Gasteiger charge is 2.23. The van der Waals surface area contributed by atoms with E-state index < -0.39 is 0 Å². The van der Waals surface area contributed by atoms with Gasteiger partial charge in [-0.2, -0.15) is 0 Å². The normalized spacial score (nSPS) is 26.3. The summed E-state index contributed by atoms with van der Waals surface area (Å²) in [4.78, 5) is 4.48. The van der Waals surface area contributed by atoms with E-state index >= 15 is 0 Å². The van der Waals surface area contributed by atoms with Gasteiger partial charge in [-0.1, -0.05) is 33.6 Å². The third-order valence-electron chi connectivity index (χ3n) is 4.55. The highest BCUT2D eigenvalue weighted by atomic mass is 32.1. The van der Waals surface area contributed by atoms with Gasteiger partial charge in [-0.25, -0.2) is 4.98 Å². The van der Waals surface area contributed by atoms with E-state index in [4.69, 9.17) is 0 Å². The number of nitrogens with one attached hydrogen (secondary N) is 1. The summed E-state index contributed by atoms with van der Waals surface area (Å²) in [5.41, 5.74) is 0. The Morgan fingerprint density at radius 2 is 2.16 bits per heavy atom. The second-order valence-electron chi connectivity index (χ2n) is 6.21. The molecule has 3 atom stereocenters. The van der Waals surface area contributed by atoms with Gasteiger partial charge in [0.25, 0.3) is 0 Å². The van der Waals surface area contributed by atoms with Gasteiger partial charge < -0.3 is 5.32 Å². The summed E-state index contributed by atoms with van der Waals surface area (Å²) in [7, 11) is 0. The number of thiazole rings is 1. The van der Waals surface area contributed by atoms with Gasteiger partial charge in [0.15, 0.2) is 0 Å². The highest BCUT2D eigenvalue weighted by molar-refractivity contribution is 7.09. The first-order valence-corrected chi connectivity index (χ1v) is 8.74. The van der Waals surface area contributed by atoms with Gasteiger partial charge in [-0.15, -0.1) is 11.3 Å². The predicted octanol–water partition coefficient (Wildman–Crippen LogP) is 4.79. The molecule has 0 radical (unpaired) electrons. The molecule has 1 N–H and O–H groups in total. The van der Waals surface area contributed by atoms with Crippen LogP contribution in [-0.2, 0) is 0 Å². The van der Waals surface area contributed by atoms with Gasteiger partial charge in [0.1, 0.15) is 5.01 Å². The lowest BCUT2D eigenvalue weighted by Gasteiger charge is -2.23. The minimum Gasteiger partial charge on any atom is -0.305 e. The lowest BCUT2D eigenvalue weighted by molar-refractivity contribution is 0.333. The fourth-order valence-corrected chi connectivity index (χ4v) is 4.00. The zero-order valence-electron chi connectivity index (χ0n) is 12.6. The summed E-state index contributed by atoms with van der Waals surface area (Å²) in [5.74, 6) is 1.78. The Balaban J connectivity index is 1.88. The molecule has 0 aliphatic heterocycles. The van der Waals surface area contributed by atoms with Crippen LogP contribution >= 0.6 is 11.3 Å². The number of nitrogens with zero attached hydrogens (tertiary/aromatic N) is 1. The number of hydrogen-bond acceptors (Lipinski definition) is 3. The average molecular weight is 280 g/mol. The SMILES string of the molecule is CCC(NC1CCCC(C(C)C)CC1)c1nccs1. The first-order valence-electron chi connectivity index (χ1n) is 7.86. The topological polar surface area (TPSA) is 24.9 Å². The Bertz CT molecular complexity index is 348. The second-order valence-corrected chi connectivity index (χ2v) is 7.13. The maximum atomic E-state index is 4.48. The summed E-state index contributed by atoms with van der Waals surface area (Å²) in [6.07, 6.45) is 9.93. The molecule has 19 heavy (non-hydrogen) atoms. The highest BCUT2D eigenvalue weighted by Crippen LogP contribution is 2.30. The third kappa shape index (κ3) is 4.28. The maximum absolute atomic E-state index is 4.48. The number of rotatable bonds is 5. The molecule has 1 aliphatic rings. The first kappa shape index (κ1) is 15.0. The Morgan fingerprint density at radius 1 is 1.32 bits per heavy atom. The van der Waals surface area contributed by atoms with Gasteiger partial charge in [-0.3, -0.25) is 0 Å². The van der Waals surface area contributed by atoms with Crippen molar-refractivity contribution in [1.29, 1.82) is 0 Å². The molecule has 0 saturated heterocycles. The molecule has 0 amide bonds. The monoisotopic (exact) mass is 280 g/mol. The molecule has 1 aliphatic carbocycles. The van der Waals surface area contributed by atoms with Crippen LogP contribution in [0.15, 0.2) is 11.6 Å². The van der Waals surface area contributed by atoms with Crippen LogP contribution in [0.25, 0.3) is 0 Å². The smallest absolute Gasteiger partial charge is 0.109 e.